The molecule has 2 bridgehead atoms. The zero-order valence-electron chi connectivity index (χ0n) is 13.0. The molecule has 6 heteroatoms. The highest BCUT2D eigenvalue weighted by atomic mass is 35.5. The fraction of sp³-hybridized carbons (Fsp3) is 0.588. The van der Waals surface area contributed by atoms with Crippen LogP contribution in [0.1, 0.15) is 32.1 Å². The first-order chi connectivity index (χ1) is 10.6. The third-order valence-electron chi connectivity index (χ3n) is 4.89. The van der Waals surface area contributed by atoms with Crippen LogP contribution in [0, 0.1) is 11.8 Å². The third kappa shape index (κ3) is 5.02. The average Bonchev–Trinajstić information content (AvgIpc) is 2.48. The molecule has 0 heterocycles. The summed E-state index contributed by atoms with van der Waals surface area (Å²) < 4.78 is 0. The molecule has 0 radical (unpaired) electrons. The van der Waals surface area contributed by atoms with Gasteiger partial charge < -0.3 is 11.1 Å². The van der Waals surface area contributed by atoms with Gasteiger partial charge in [0.25, 0.3) is 0 Å². The maximum absolute atomic E-state index is 12.3. The van der Waals surface area contributed by atoms with Crippen LogP contribution >= 0.6 is 35.8 Å². The van der Waals surface area contributed by atoms with E-state index in [1.54, 1.807) is 11.8 Å². The van der Waals surface area contributed by atoms with E-state index in [1.165, 1.54) is 19.3 Å². The summed E-state index contributed by atoms with van der Waals surface area (Å²) in [6.07, 6.45) is 5.82. The zero-order chi connectivity index (χ0) is 15.5. The Labute approximate surface area is 153 Å². The van der Waals surface area contributed by atoms with Crippen LogP contribution in [0.15, 0.2) is 29.2 Å². The molecule has 0 aliphatic heterocycles. The van der Waals surface area contributed by atoms with E-state index in [4.69, 9.17) is 17.3 Å². The van der Waals surface area contributed by atoms with Gasteiger partial charge in [0, 0.05) is 22.0 Å². The first kappa shape index (κ1) is 18.9. The maximum Gasteiger partial charge on any atom is 0.230 e. The summed E-state index contributed by atoms with van der Waals surface area (Å²) in [6, 6.07) is 8.28. The minimum atomic E-state index is 0. The Morgan fingerprint density at radius 2 is 1.83 bits per heavy atom. The lowest BCUT2D eigenvalue weighted by Gasteiger charge is -2.45. The normalized spacial score (nSPS) is 29.5. The van der Waals surface area contributed by atoms with E-state index >= 15 is 0 Å². The smallest absolute Gasteiger partial charge is 0.230 e. The highest BCUT2D eigenvalue weighted by Gasteiger charge is 2.39. The second kappa shape index (κ2) is 8.61. The second-order valence-electron chi connectivity index (χ2n) is 6.52. The highest BCUT2D eigenvalue weighted by Crippen LogP contribution is 2.39. The van der Waals surface area contributed by atoms with E-state index in [0.29, 0.717) is 29.7 Å². The van der Waals surface area contributed by atoms with Crippen LogP contribution < -0.4 is 11.1 Å². The van der Waals surface area contributed by atoms with Gasteiger partial charge in [0.15, 0.2) is 0 Å². The first-order valence-corrected chi connectivity index (χ1v) is 9.41. The topological polar surface area (TPSA) is 55.1 Å². The van der Waals surface area contributed by atoms with Gasteiger partial charge in [-0.25, -0.2) is 0 Å². The van der Waals surface area contributed by atoms with Gasteiger partial charge in [0.05, 0.1) is 5.75 Å². The van der Waals surface area contributed by atoms with E-state index in [1.807, 2.05) is 24.3 Å². The third-order valence-corrected chi connectivity index (χ3v) is 6.15. The molecule has 23 heavy (non-hydrogen) atoms. The van der Waals surface area contributed by atoms with Crippen molar-refractivity contribution in [2.24, 2.45) is 17.6 Å². The molecule has 2 atom stereocenters. The Balaban J connectivity index is 0.00000192. The van der Waals surface area contributed by atoms with E-state index in [0.717, 1.165) is 22.8 Å². The van der Waals surface area contributed by atoms with Gasteiger partial charge >= 0.3 is 0 Å². The number of amides is 1. The largest absolute Gasteiger partial charge is 0.352 e. The number of nitrogens with one attached hydrogen (secondary N) is 1. The van der Waals surface area contributed by atoms with Crippen molar-refractivity contribution < 1.29 is 4.79 Å². The van der Waals surface area contributed by atoms with Crippen LogP contribution in [0.3, 0.4) is 0 Å². The SMILES string of the molecule is Cl.NC1CC2CCCC(C1)C2NC(=O)CSc1ccc(Cl)cc1. The van der Waals surface area contributed by atoms with Gasteiger partial charge in [0.1, 0.15) is 0 Å². The molecule has 1 amide bonds. The standard InChI is InChI=1S/C17H23ClN2OS.ClH/c18-13-4-6-15(7-5-13)22-10-16(21)20-17-11-2-1-3-12(17)9-14(19)8-11;/h4-7,11-12,14,17H,1-3,8-10,19H2,(H,20,21);1H. The molecule has 2 aliphatic carbocycles. The van der Waals surface area contributed by atoms with Crippen LogP contribution in [0.4, 0.5) is 0 Å². The molecule has 2 unspecified atom stereocenters. The monoisotopic (exact) mass is 374 g/mol. The average molecular weight is 375 g/mol. The molecule has 1 aromatic rings. The van der Waals surface area contributed by atoms with Gasteiger partial charge in [-0.3, -0.25) is 4.79 Å². The lowest BCUT2D eigenvalue weighted by molar-refractivity contribution is -0.120. The lowest BCUT2D eigenvalue weighted by Crippen LogP contribution is -2.54. The summed E-state index contributed by atoms with van der Waals surface area (Å²) in [7, 11) is 0. The zero-order valence-corrected chi connectivity index (χ0v) is 15.4. The summed E-state index contributed by atoms with van der Waals surface area (Å²) in [4.78, 5) is 13.3. The minimum absolute atomic E-state index is 0. The van der Waals surface area contributed by atoms with Crippen LogP contribution in [0.5, 0.6) is 0 Å². The van der Waals surface area contributed by atoms with E-state index in [-0.39, 0.29) is 18.3 Å². The Hall–Kier alpha value is -0.420. The van der Waals surface area contributed by atoms with E-state index in [2.05, 4.69) is 5.32 Å². The highest BCUT2D eigenvalue weighted by molar-refractivity contribution is 8.00. The number of halogens is 2. The summed E-state index contributed by atoms with van der Waals surface area (Å²) in [5, 5.41) is 4.00. The molecule has 3 nitrogen and oxygen atoms in total. The van der Waals surface area contributed by atoms with Crippen molar-refractivity contribution in [2.45, 2.75) is 49.1 Å². The van der Waals surface area contributed by atoms with E-state index < -0.39 is 0 Å². The number of hydrogen-bond donors (Lipinski definition) is 2. The number of benzene rings is 1. The number of carbonyl (C=O) groups is 1. The predicted molar refractivity (Wildman–Crippen MR) is 99.4 cm³/mol. The van der Waals surface area contributed by atoms with Gasteiger partial charge in [-0.1, -0.05) is 18.0 Å². The number of nitrogens with two attached hydrogens (primary N) is 1. The second-order valence-corrected chi connectivity index (χ2v) is 8.00. The lowest BCUT2D eigenvalue weighted by atomic mass is 9.67. The van der Waals surface area contributed by atoms with Crippen LogP contribution in [0.25, 0.3) is 0 Å². The molecule has 2 fully saturated rings. The summed E-state index contributed by atoms with van der Waals surface area (Å²) in [5.41, 5.74) is 6.14. The summed E-state index contributed by atoms with van der Waals surface area (Å²) >= 11 is 7.43. The number of fused-ring (bicyclic) bond motifs is 2. The van der Waals surface area contributed by atoms with Crippen molar-refractivity contribution in [2.75, 3.05) is 5.75 Å². The van der Waals surface area contributed by atoms with Gasteiger partial charge in [-0.15, -0.1) is 24.2 Å². The molecule has 0 saturated heterocycles. The summed E-state index contributed by atoms with van der Waals surface area (Å²) in [5.74, 6) is 1.75. The fourth-order valence-corrected chi connectivity index (χ4v) is 4.77. The van der Waals surface area contributed by atoms with Crippen LogP contribution in [0.2, 0.25) is 5.02 Å². The molecule has 2 aliphatic rings. The Morgan fingerprint density at radius 3 is 2.43 bits per heavy atom. The predicted octanol–water partition coefficient (Wildman–Crippen LogP) is 3.88. The number of rotatable bonds is 4. The number of hydrogen-bond acceptors (Lipinski definition) is 3. The molecule has 0 spiro atoms. The Kier molecular flexibility index (Phi) is 7.08. The van der Waals surface area contributed by atoms with Crippen molar-refractivity contribution in [3.8, 4) is 0 Å². The number of carbonyl (C=O) groups excluding carboxylic acids is 1. The van der Waals surface area contributed by atoms with Crippen LogP contribution in [-0.2, 0) is 4.79 Å². The Bertz CT molecular complexity index is 512. The van der Waals surface area contributed by atoms with Gasteiger partial charge in [0.2, 0.25) is 5.91 Å². The quantitative estimate of drug-likeness (QED) is 0.786. The Morgan fingerprint density at radius 1 is 1.22 bits per heavy atom. The summed E-state index contributed by atoms with van der Waals surface area (Å²) in [6.45, 7) is 0. The van der Waals surface area contributed by atoms with Crippen molar-refractivity contribution in [1.82, 2.24) is 5.32 Å². The fourth-order valence-electron chi connectivity index (χ4n) is 3.93. The van der Waals surface area contributed by atoms with Crippen molar-refractivity contribution in [3.63, 3.8) is 0 Å². The van der Waals surface area contributed by atoms with Crippen molar-refractivity contribution in [3.05, 3.63) is 29.3 Å². The molecular formula is C17H24Cl2N2OS. The van der Waals surface area contributed by atoms with Crippen molar-refractivity contribution in [1.29, 1.82) is 0 Å². The maximum atomic E-state index is 12.3. The minimum Gasteiger partial charge on any atom is -0.352 e. The van der Waals surface area contributed by atoms with Gasteiger partial charge in [-0.05, 0) is 61.8 Å². The van der Waals surface area contributed by atoms with Crippen molar-refractivity contribution >= 4 is 41.7 Å². The number of thioether (sulfide) groups is 1. The molecule has 1 aromatic carbocycles. The molecule has 3 N–H and O–H groups in total. The molecule has 2 saturated carbocycles. The van der Waals surface area contributed by atoms with E-state index in [9.17, 15) is 4.79 Å². The molecule has 3 rings (SSSR count). The molecular weight excluding hydrogens is 351 g/mol. The first-order valence-electron chi connectivity index (χ1n) is 8.05. The van der Waals surface area contributed by atoms with Gasteiger partial charge in [-0.2, -0.15) is 0 Å². The molecule has 0 aromatic heterocycles. The molecule has 128 valence electrons. The van der Waals surface area contributed by atoms with Crippen LogP contribution in [-0.4, -0.2) is 23.7 Å².